The Labute approximate surface area is 196 Å². The number of hydrogen-bond donors (Lipinski definition) is 0. The second-order valence-corrected chi connectivity index (χ2v) is 8.84. The van der Waals surface area contributed by atoms with Gasteiger partial charge in [0.15, 0.2) is 12.4 Å². The highest BCUT2D eigenvalue weighted by Gasteiger charge is 1.97. The molecule has 0 bridgehead atoms. The van der Waals surface area contributed by atoms with Crippen LogP contribution < -0.4 is 9.47 Å². The zero-order valence-corrected chi connectivity index (χ0v) is 20.1. The van der Waals surface area contributed by atoms with Crippen molar-refractivity contribution in [3.05, 3.63) is 65.1 Å². The summed E-state index contributed by atoms with van der Waals surface area (Å²) in [5.74, 6) is 0.925. The minimum atomic E-state index is 0.792. The van der Waals surface area contributed by atoms with E-state index in [0.717, 1.165) is 34.6 Å². The van der Waals surface area contributed by atoms with Crippen LogP contribution in [0.3, 0.4) is 0 Å². The van der Waals surface area contributed by atoms with Crippen molar-refractivity contribution in [3.63, 3.8) is 0 Å². The predicted molar refractivity (Wildman–Crippen MR) is 137 cm³/mol. The molecule has 3 heteroatoms. The van der Waals surface area contributed by atoms with Gasteiger partial charge in [0.05, 0.1) is 6.61 Å². The highest BCUT2D eigenvalue weighted by atomic mass is 16.5. The molecule has 0 unspecified atom stereocenters. The number of rotatable bonds is 18. The van der Waals surface area contributed by atoms with Crippen molar-refractivity contribution in [2.24, 2.45) is 0 Å². The molecule has 0 saturated heterocycles. The third-order valence-corrected chi connectivity index (χ3v) is 5.91. The molecule has 3 nitrogen and oxygen atoms in total. The number of hydrogen-bond acceptors (Lipinski definition) is 2. The highest BCUT2D eigenvalue weighted by molar-refractivity contribution is 5.69. The maximum absolute atomic E-state index is 11.3. The normalized spacial score (nSPS) is 11.3. The quantitative estimate of drug-likeness (QED) is 0.133. The molecular formula is C29H43NO2. The zero-order chi connectivity index (χ0) is 22.7. The van der Waals surface area contributed by atoms with Gasteiger partial charge in [0.25, 0.3) is 0 Å². The minimum absolute atomic E-state index is 0.792. The predicted octanol–water partition coefficient (Wildman–Crippen LogP) is 8.35. The average Bonchev–Trinajstić information content (AvgIpc) is 2.81. The SMILES string of the molecule is CCCCCCCCCCCCCCCCOc1ccc(/C=C/c2ccc[n+]([O-])c2)cc1. The van der Waals surface area contributed by atoms with Crippen molar-refractivity contribution < 1.29 is 9.47 Å². The maximum atomic E-state index is 11.3. The van der Waals surface area contributed by atoms with E-state index >= 15 is 0 Å². The lowest BCUT2D eigenvalue weighted by molar-refractivity contribution is -0.605. The third-order valence-electron chi connectivity index (χ3n) is 5.91. The van der Waals surface area contributed by atoms with Crippen LogP contribution in [0, 0.1) is 5.21 Å². The topological polar surface area (TPSA) is 36.2 Å². The molecule has 0 N–H and O–H groups in total. The molecule has 2 aromatic rings. The fraction of sp³-hybridized carbons (Fsp3) is 0.552. The molecule has 2 rings (SSSR count). The van der Waals surface area contributed by atoms with E-state index < -0.39 is 0 Å². The van der Waals surface area contributed by atoms with E-state index in [4.69, 9.17) is 4.74 Å². The lowest BCUT2D eigenvalue weighted by atomic mass is 10.0. The molecule has 0 amide bonds. The Balaban J connectivity index is 1.43. The van der Waals surface area contributed by atoms with Crippen LogP contribution in [-0.4, -0.2) is 6.61 Å². The summed E-state index contributed by atoms with van der Waals surface area (Å²) < 4.78 is 6.69. The molecule has 1 aromatic heterocycles. The molecule has 0 saturated carbocycles. The van der Waals surface area contributed by atoms with Gasteiger partial charge in [-0.1, -0.05) is 109 Å². The first-order chi connectivity index (χ1) is 15.8. The lowest BCUT2D eigenvalue weighted by Crippen LogP contribution is -2.24. The van der Waals surface area contributed by atoms with Gasteiger partial charge in [0, 0.05) is 11.6 Å². The fourth-order valence-corrected chi connectivity index (χ4v) is 3.92. The molecule has 1 aromatic carbocycles. The minimum Gasteiger partial charge on any atom is -0.619 e. The van der Waals surface area contributed by atoms with Gasteiger partial charge in [0.1, 0.15) is 5.75 Å². The summed E-state index contributed by atoms with van der Waals surface area (Å²) in [6.45, 7) is 3.07. The van der Waals surface area contributed by atoms with Crippen LogP contribution in [0.2, 0.25) is 0 Å². The van der Waals surface area contributed by atoms with Gasteiger partial charge in [-0.2, -0.15) is 4.73 Å². The van der Waals surface area contributed by atoms with Gasteiger partial charge in [-0.25, -0.2) is 0 Å². The van der Waals surface area contributed by atoms with Crippen LogP contribution in [0.25, 0.3) is 12.2 Å². The van der Waals surface area contributed by atoms with Crippen molar-refractivity contribution >= 4 is 12.2 Å². The van der Waals surface area contributed by atoms with Crippen LogP contribution in [0.15, 0.2) is 48.8 Å². The first-order valence-electron chi connectivity index (χ1n) is 12.9. The van der Waals surface area contributed by atoms with Crippen molar-refractivity contribution in [1.82, 2.24) is 0 Å². The van der Waals surface area contributed by atoms with Crippen LogP contribution in [0.1, 0.15) is 108 Å². The lowest BCUT2D eigenvalue weighted by Gasteiger charge is -2.07. The van der Waals surface area contributed by atoms with Crippen LogP contribution in [0.4, 0.5) is 0 Å². The van der Waals surface area contributed by atoms with Gasteiger partial charge < -0.3 is 9.94 Å². The fourth-order valence-electron chi connectivity index (χ4n) is 3.92. The number of nitrogens with zero attached hydrogens (tertiary/aromatic N) is 1. The Kier molecular flexibility index (Phi) is 14.0. The Morgan fingerprint density at radius 3 is 1.78 bits per heavy atom. The molecule has 176 valence electrons. The van der Waals surface area contributed by atoms with Gasteiger partial charge in [-0.15, -0.1) is 0 Å². The Hall–Kier alpha value is -2.29. The van der Waals surface area contributed by atoms with Crippen molar-refractivity contribution in [1.29, 1.82) is 0 Å². The van der Waals surface area contributed by atoms with E-state index in [1.807, 2.05) is 42.5 Å². The second-order valence-electron chi connectivity index (χ2n) is 8.84. The van der Waals surface area contributed by atoms with Crippen molar-refractivity contribution in [2.75, 3.05) is 6.61 Å². The van der Waals surface area contributed by atoms with Gasteiger partial charge >= 0.3 is 0 Å². The second kappa shape index (κ2) is 17.3. The summed E-state index contributed by atoms with van der Waals surface area (Å²) in [5.41, 5.74) is 1.98. The third kappa shape index (κ3) is 12.5. The van der Waals surface area contributed by atoms with E-state index in [1.54, 1.807) is 12.3 Å². The van der Waals surface area contributed by atoms with E-state index in [-0.39, 0.29) is 0 Å². The summed E-state index contributed by atoms with van der Waals surface area (Å²) in [6, 6.07) is 11.8. The molecule has 0 spiro atoms. The van der Waals surface area contributed by atoms with Crippen LogP contribution in [-0.2, 0) is 0 Å². The Morgan fingerprint density at radius 1 is 0.688 bits per heavy atom. The van der Waals surface area contributed by atoms with Gasteiger partial charge in [0.2, 0.25) is 0 Å². The molecule has 32 heavy (non-hydrogen) atoms. The van der Waals surface area contributed by atoms with Crippen molar-refractivity contribution in [3.8, 4) is 5.75 Å². The molecular weight excluding hydrogens is 394 g/mol. The molecule has 0 aliphatic carbocycles. The standard InChI is InChI=1S/C29H43NO2/c1-2-3-4-5-6-7-8-9-10-11-12-13-14-15-25-32-29-22-20-27(21-23-29)18-19-28-17-16-24-30(31)26-28/h16-24,26H,2-15,25H2,1H3/b19-18+. The molecule has 0 radical (unpaired) electrons. The maximum Gasteiger partial charge on any atom is 0.187 e. The summed E-state index contributed by atoms with van der Waals surface area (Å²) in [6.07, 6.45) is 26.2. The van der Waals surface area contributed by atoms with Gasteiger partial charge in [-0.3, -0.25) is 0 Å². The first-order valence-corrected chi connectivity index (χ1v) is 12.9. The Morgan fingerprint density at radius 2 is 1.22 bits per heavy atom. The smallest absolute Gasteiger partial charge is 0.187 e. The highest BCUT2D eigenvalue weighted by Crippen LogP contribution is 2.16. The molecule has 0 aliphatic heterocycles. The molecule has 0 atom stereocenters. The number of benzene rings is 1. The zero-order valence-electron chi connectivity index (χ0n) is 20.1. The summed E-state index contributed by atoms with van der Waals surface area (Å²) >= 11 is 0. The Bertz CT molecular complexity index is 739. The van der Waals surface area contributed by atoms with Crippen LogP contribution >= 0.6 is 0 Å². The average molecular weight is 438 g/mol. The van der Waals surface area contributed by atoms with Gasteiger partial charge in [-0.05, 0) is 36.3 Å². The monoisotopic (exact) mass is 437 g/mol. The van der Waals surface area contributed by atoms with Crippen LogP contribution in [0.5, 0.6) is 5.75 Å². The van der Waals surface area contributed by atoms with E-state index in [2.05, 4.69) is 6.92 Å². The number of pyridine rings is 1. The summed E-state index contributed by atoms with van der Waals surface area (Å²) in [5, 5.41) is 11.3. The van der Waals surface area contributed by atoms with E-state index in [1.165, 1.54) is 89.7 Å². The number of unbranched alkanes of at least 4 members (excludes halogenated alkanes) is 13. The first kappa shape index (κ1) is 26.0. The van der Waals surface area contributed by atoms with E-state index in [9.17, 15) is 5.21 Å². The molecule has 0 fully saturated rings. The number of ether oxygens (including phenoxy) is 1. The summed E-state index contributed by atoms with van der Waals surface area (Å²) in [7, 11) is 0. The number of aromatic nitrogens is 1. The molecule has 0 aliphatic rings. The molecule has 1 heterocycles. The largest absolute Gasteiger partial charge is 0.619 e. The van der Waals surface area contributed by atoms with E-state index in [0.29, 0.717) is 0 Å². The van der Waals surface area contributed by atoms with Crippen molar-refractivity contribution in [2.45, 2.75) is 96.8 Å². The summed E-state index contributed by atoms with van der Waals surface area (Å²) in [4.78, 5) is 0.